The predicted molar refractivity (Wildman–Crippen MR) is 109 cm³/mol. The van der Waals surface area contributed by atoms with E-state index in [1.165, 1.54) is 10.4 Å². The summed E-state index contributed by atoms with van der Waals surface area (Å²) in [6, 6.07) is 16.7. The molecule has 2 heterocycles. The van der Waals surface area contributed by atoms with Gasteiger partial charge in [-0.1, -0.05) is 25.1 Å². The molecule has 0 bridgehead atoms. The third kappa shape index (κ3) is 4.50. The van der Waals surface area contributed by atoms with Crippen LogP contribution in [0.15, 0.2) is 64.6 Å². The maximum Gasteiger partial charge on any atom is 0.174 e. The Labute approximate surface area is 158 Å². The van der Waals surface area contributed by atoms with Crippen LogP contribution in [0, 0.1) is 0 Å². The van der Waals surface area contributed by atoms with Gasteiger partial charge in [-0.25, -0.2) is 0 Å². The van der Waals surface area contributed by atoms with E-state index in [4.69, 9.17) is 16.6 Å². The van der Waals surface area contributed by atoms with Gasteiger partial charge < -0.3 is 14.6 Å². The van der Waals surface area contributed by atoms with E-state index in [1.54, 1.807) is 17.6 Å². The Morgan fingerprint density at radius 1 is 1.24 bits per heavy atom. The van der Waals surface area contributed by atoms with Crippen LogP contribution in [0.25, 0.3) is 0 Å². The van der Waals surface area contributed by atoms with Crippen LogP contribution < -0.4 is 5.32 Å². The number of rotatable bonds is 6. The van der Waals surface area contributed by atoms with Gasteiger partial charge in [0.15, 0.2) is 5.11 Å². The highest BCUT2D eigenvalue weighted by atomic mass is 32.1. The first kappa shape index (κ1) is 17.7. The van der Waals surface area contributed by atoms with Crippen LogP contribution >= 0.6 is 23.6 Å². The average Bonchev–Trinajstić information content (AvgIpc) is 3.33. The first-order chi connectivity index (χ1) is 12.2. The van der Waals surface area contributed by atoms with Crippen molar-refractivity contribution in [2.45, 2.75) is 32.9 Å². The van der Waals surface area contributed by atoms with Gasteiger partial charge in [-0.15, -0.1) is 11.3 Å². The van der Waals surface area contributed by atoms with Crippen molar-refractivity contribution in [1.82, 2.24) is 4.90 Å². The maximum atomic E-state index is 5.74. The molecule has 0 aliphatic rings. The molecular formula is C20H22N2OS2. The van der Waals surface area contributed by atoms with Crippen LogP contribution in [0.4, 0.5) is 5.69 Å². The zero-order chi connectivity index (χ0) is 17.6. The van der Waals surface area contributed by atoms with Gasteiger partial charge in [0.25, 0.3) is 0 Å². The molecule has 25 heavy (non-hydrogen) atoms. The van der Waals surface area contributed by atoms with Crippen molar-refractivity contribution in [1.29, 1.82) is 0 Å². The summed E-state index contributed by atoms with van der Waals surface area (Å²) in [7, 11) is 0. The molecule has 0 saturated heterocycles. The summed E-state index contributed by atoms with van der Waals surface area (Å²) < 4.78 is 5.54. The number of aryl methyl sites for hydroxylation is 1. The lowest BCUT2D eigenvalue weighted by molar-refractivity contribution is 0.306. The molecule has 2 aromatic heterocycles. The highest BCUT2D eigenvalue weighted by Crippen LogP contribution is 2.27. The predicted octanol–water partition coefficient (Wildman–Crippen LogP) is 5.86. The van der Waals surface area contributed by atoms with Gasteiger partial charge in [-0.2, -0.15) is 0 Å². The minimum absolute atomic E-state index is 0.166. The van der Waals surface area contributed by atoms with Crippen molar-refractivity contribution >= 4 is 34.4 Å². The maximum absolute atomic E-state index is 5.74. The lowest BCUT2D eigenvalue weighted by atomic mass is 10.1. The van der Waals surface area contributed by atoms with Crippen molar-refractivity contribution in [2.75, 3.05) is 5.32 Å². The second kappa shape index (κ2) is 8.32. The first-order valence-electron chi connectivity index (χ1n) is 8.39. The minimum atomic E-state index is 0.166. The molecule has 5 heteroatoms. The smallest absolute Gasteiger partial charge is 0.174 e. The molecule has 130 valence electrons. The normalized spacial score (nSPS) is 11.9. The van der Waals surface area contributed by atoms with Gasteiger partial charge in [-0.3, -0.25) is 0 Å². The Morgan fingerprint density at radius 3 is 2.80 bits per heavy atom. The van der Waals surface area contributed by atoms with Gasteiger partial charge in [0, 0.05) is 10.6 Å². The summed E-state index contributed by atoms with van der Waals surface area (Å²) in [5.41, 5.74) is 2.31. The number of benzene rings is 1. The van der Waals surface area contributed by atoms with Gasteiger partial charge >= 0.3 is 0 Å². The second-order valence-electron chi connectivity index (χ2n) is 5.88. The standard InChI is InChI=1S/C20H22N2OS2/c1-3-16-7-4-8-17(13-16)21-20(24)22(14-18-9-5-11-23-18)15(2)19-10-6-12-25-19/h4-13,15H,3,14H2,1-2H3,(H,21,24). The molecule has 3 nitrogen and oxygen atoms in total. The zero-order valence-corrected chi connectivity index (χ0v) is 16.1. The number of hydrogen-bond acceptors (Lipinski definition) is 3. The summed E-state index contributed by atoms with van der Waals surface area (Å²) in [5, 5.41) is 6.19. The highest BCUT2D eigenvalue weighted by molar-refractivity contribution is 7.80. The van der Waals surface area contributed by atoms with Gasteiger partial charge in [0.05, 0.1) is 18.8 Å². The Morgan fingerprint density at radius 2 is 2.12 bits per heavy atom. The third-order valence-corrected chi connectivity index (χ3v) is 5.56. The summed E-state index contributed by atoms with van der Waals surface area (Å²) in [5.74, 6) is 0.898. The Bertz CT molecular complexity index is 797. The number of nitrogens with zero attached hydrogens (tertiary/aromatic N) is 1. The topological polar surface area (TPSA) is 28.4 Å². The molecule has 0 spiro atoms. The van der Waals surface area contributed by atoms with Crippen LogP contribution in [-0.2, 0) is 13.0 Å². The van der Waals surface area contributed by atoms with Crippen molar-refractivity contribution < 1.29 is 4.42 Å². The van der Waals surface area contributed by atoms with Gasteiger partial charge in [0.2, 0.25) is 0 Å². The molecule has 3 rings (SSSR count). The Kier molecular flexibility index (Phi) is 5.89. The fraction of sp³-hybridized carbons (Fsp3) is 0.250. The van der Waals surface area contributed by atoms with E-state index in [1.807, 2.05) is 18.2 Å². The molecule has 1 unspecified atom stereocenters. The molecule has 1 N–H and O–H groups in total. The second-order valence-corrected chi connectivity index (χ2v) is 7.25. The molecule has 1 aromatic carbocycles. The number of thiocarbonyl (C=S) groups is 1. The summed E-state index contributed by atoms with van der Waals surface area (Å²) in [6.45, 7) is 4.95. The average molecular weight is 371 g/mol. The highest BCUT2D eigenvalue weighted by Gasteiger charge is 2.21. The molecule has 1 atom stereocenters. The van der Waals surface area contributed by atoms with Crippen LogP contribution in [0.1, 0.15) is 36.1 Å². The van der Waals surface area contributed by atoms with Gasteiger partial charge in [-0.05, 0) is 66.8 Å². The molecule has 0 fully saturated rings. The fourth-order valence-corrected chi connectivity index (χ4v) is 3.84. The monoisotopic (exact) mass is 370 g/mol. The van der Waals surface area contributed by atoms with E-state index in [9.17, 15) is 0 Å². The molecule has 0 aliphatic carbocycles. The van der Waals surface area contributed by atoms with Crippen LogP contribution in [0.5, 0.6) is 0 Å². The number of nitrogens with one attached hydrogen (secondary N) is 1. The van der Waals surface area contributed by atoms with Gasteiger partial charge in [0.1, 0.15) is 5.76 Å². The number of thiophene rings is 1. The van der Waals surface area contributed by atoms with E-state index in [2.05, 4.69) is 59.8 Å². The molecule has 0 radical (unpaired) electrons. The van der Waals surface area contributed by atoms with E-state index in [-0.39, 0.29) is 6.04 Å². The molecule has 0 amide bonds. The van der Waals surface area contributed by atoms with Crippen molar-refractivity contribution in [3.8, 4) is 0 Å². The quantitative estimate of drug-likeness (QED) is 0.550. The fourth-order valence-electron chi connectivity index (χ4n) is 2.70. The number of anilines is 1. The van der Waals surface area contributed by atoms with Crippen LogP contribution in [-0.4, -0.2) is 10.0 Å². The van der Waals surface area contributed by atoms with E-state index in [0.29, 0.717) is 11.7 Å². The largest absolute Gasteiger partial charge is 0.467 e. The first-order valence-corrected chi connectivity index (χ1v) is 9.68. The molecular weight excluding hydrogens is 348 g/mol. The van der Waals surface area contributed by atoms with E-state index >= 15 is 0 Å². The number of hydrogen-bond donors (Lipinski definition) is 1. The lowest BCUT2D eigenvalue weighted by Crippen LogP contribution is -2.36. The van der Waals surface area contributed by atoms with Crippen molar-refractivity contribution in [2.24, 2.45) is 0 Å². The molecule has 0 saturated carbocycles. The van der Waals surface area contributed by atoms with Crippen molar-refractivity contribution in [3.63, 3.8) is 0 Å². The number of furan rings is 1. The summed E-state index contributed by atoms with van der Waals surface area (Å²) >= 11 is 7.48. The summed E-state index contributed by atoms with van der Waals surface area (Å²) in [4.78, 5) is 3.44. The third-order valence-electron chi connectivity index (χ3n) is 4.18. The minimum Gasteiger partial charge on any atom is -0.467 e. The SMILES string of the molecule is CCc1cccc(NC(=S)N(Cc2ccco2)C(C)c2cccs2)c1. The van der Waals surface area contributed by atoms with Crippen LogP contribution in [0.3, 0.4) is 0 Å². The zero-order valence-electron chi connectivity index (χ0n) is 14.4. The Balaban J connectivity index is 1.80. The van der Waals surface area contributed by atoms with E-state index in [0.717, 1.165) is 17.9 Å². The molecule has 0 aliphatic heterocycles. The molecule has 3 aromatic rings. The van der Waals surface area contributed by atoms with Crippen LogP contribution in [0.2, 0.25) is 0 Å². The van der Waals surface area contributed by atoms with E-state index < -0.39 is 0 Å². The Hall–Kier alpha value is -2.11. The van der Waals surface area contributed by atoms with Crippen molar-refractivity contribution in [3.05, 3.63) is 76.4 Å². The lowest BCUT2D eigenvalue weighted by Gasteiger charge is -2.30. The summed E-state index contributed by atoms with van der Waals surface area (Å²) in [6.07, 6.45) is 2.70.